The number of benzene rings is 1. The van der Waals surface area contributed by atoms with Crippen LogP contribution in [-0.4, -0.2) is 37.5 Å². The van der Waals surface area contributed by atoms with Gasteiger partial charge >= 0.3 is 5.97 Å². The summed E-state index contributed by atoms with van der Waals surface area (Å²) in [5, 5.41) is 9.09. The molecule has 1 aromatic carbocycles. The van der Waals surface area contributed by atoms with E-state index in [1.165, 1.54) is 13.2 Å². The summed E-state index contributed by atoms with van der Waals surface area (Å²) in [6.07, 6.45) is 0.654. The Bertz CT molecular complexity index is 409. The van der Waals surface area contributed by atoms with Gasteiger partial charge in [0, 0.05) is 6.42 Å². The molecule has 17 heavy (non-hydrogen) atoms. The second-order valence-corrected chi connectivity index (χ2v) is 3.75. The number of methoxy groups -OCH3 is 1. The third-order valence-electron chi connectivity index (χ3n) is 2.60. The van der Waals surface area contributed by atoms with Crippen molar-refractivity contribution in [2.75, 3.05) is 20.3 Å². The van der Waals surface area contributed by atoms with Gasteiger partial charge in [0.1, 0.15) is 11.7 Å². The first kappa shape index (κ1) is 11.7. The fourth-order valence-corrected chi connectivity index (χ4v) is 1.74. The van der Waals surface area contributed by atoms with Crippen LogP contribution in [0.4, 0.5) is 0 Å². The second-order valence-electron chi connectivity index (χ2n) is 3.75. The quantitative estimate of drug-likeness (QED) is 0.862. The van der Waals surface area contributed by atoms with E-state index in [1.807, 2.05) is 0 Å². The summed E-state index contributed by atoms with van der Waals surface area (Å²) in [6, 6.07) is 4.80. The Morgan fingerprint density at radius 3 is 2.94 bits per heavy atom. The van der Waals surface area contributed by atoms with Crippen molar-refractivity contribution in [3.63, 3.8) is 0 Å². The van der Waals surface area contributed by atoms with Gasteiger partial charge in [-0.15, -0.1) is 0 Å². The van der Waals surface area contributed by atoms with Crippen LogP contribution in [-0.2, 0) is 4.74 Å². The zero-order chi connectivity index (χ0) is 12.3. The van der Waals surface area contributed by atoms with Gasteiger partial charge in [-0.05, 0) is 12.1 Å². The fourth-order valence-electron chi connectivity index (χ4n) is 1.74. The summed E-state index contributed by atoms with van der Waals surface area (Å²) in [6.45, 7) is 1.12. The highest BCUT2D eigenvalue weighted by molar-refractivity contribution is 5.92. The number of hydrogen-bond acceptors (Lipinski definition) is 4. The van der Waals surface area contributed by atoms with Crippen molar-refractivity contribution in [3.8, 4) is 11.5 Å². The fraction of sp³-hybridized carbons (Fsp3) is 0.417. The number of carboxylic acid groups (broad SMARTS) is 1. The number of hydrogen-bond donors (Lipinski definition) is 1. The molecule has 1 aromatic rings. The van der Waals surface area contributed by atoms with Crippen molar-refractivity contribution in [1.29, 1.82) is 0 Å². The van der Waals surface area contributed by atoms with E-state index in [-0.39, 0.29) is 17.4 Å². The molecule has 1 N–H and O–H groups in total. The van der Waals surface area contributed by atoms with Gasteiger partial charge in [0.05, 0.1) is 20.3 Å². The second kappa shape index (κ2) is 5.05. The van der Waals surface area contributed by atoms with Crippen molar-refractivity contribution >= 4 is 5.97 Å². The Hall–Kier alpha value is -1.75. The molecule has 2 rings (SSSR count). The van der Waals surface area contributed by atoms with Crippen LogP contribution in [0.1, 0.15) is 16.8 Å². The van der Waals surface area contributed by atoms with E-state index in [0.717, 1.165) is 6.42 Å². The number of para-hydroxylation sites is 1. The molecule has 0 aliphatic carbocycles. The summed E-state index contributed by atoms with van der Waals surface area (Å²) in [7, 11) is 1.49. The van der Waals surface area contributed by atoms with E-state index in [1.54, 1.807) is 12.1 Å². The van der Waals surface area contributed by atoms with E-state index in [0.29, 0.717) is 19.0 Å². The minimum Gasteiger partial charge on any atom is -0.493 e. The van der Waals surface area contributed by atoms with Crippen LogP contribution in [0, 0.1) is 0 Å². The SMILES string of the molecule is COc1cccc(C(=O)O)c1OC1CCOC1. The largest absolute Gasteiger partial charge is 0.493 e. The van der Waals surface area contributed by atoms with Crippen LogP contribution >= 0.6 is 0 Å². The molecular formula is C12H14O5. The molecule has 1 heterocycles. The van der Waals surface area contributed by atoms with Crippen molar-refractivity contribution in [2.24, 2.45) is 0 Å². The average molecular weight is 238 g/mol. The summed E-state index contributed by atoms with van der Waals surface area (Å²) in [5.41, 5.74) is 0.108. The standard InChI is InChI=1S/C12H14O5/c1-15-10-4-2-3-9(12(13)14)11(10)17-8-5-6-16-7-8/h2-4,8H,5-7H2,1H3,(H,13,14). The van der Waals surface area contributed by atoms with Gasteiger partial charge in [0.25, 0.3) is 0 Å². The van der Waals surface area contributed by atoms with Crippen LogP contribution in [0.15, 0.2) is 18.2 Å². The first-order chi connectivity index (χ1) is 8.22. The van der Waals surface area contributed by atoms with Crippen LogP contribution in [0.3, 0.4) is 0 Å². The molecular weight excluding hydrogens is 224 g/mol. The summed E-state index contributed by atoms with van der Waals surface area (Å²) < 4.78 is 16.0. The third kappa shape index (κ3) is 2.50. The van der Waals surface area contributed by atoms with Crippen LogP contribution in [0.2, 0.25) is 0 Å². The van der Waals surface area contributed by atoms with Crippen molar-refractivity contribution in [3.05, 3.63) is 23.8 Å². The number of carbonyl (C=O) groups is 1. The van der Waals surface area contributed by atoms with Crippen LogP contribution in [0.5, 0.6) is 11.5 Å². The average Bonchev–Trinajstić information content (AvgIpc) is 2.82. The number of ether oxygens (including phenoxy) is 3. The topological polar surface area (TPSA) is 65.0 Å². The van der Waals surface area contributed by atoms with Gasteiger partial charge in [0.15, 0.2) is 11.5 Å². The Labute approximate surface area is 98.9 Å². The molecule has 0 radical (unpaired) electrons. The van der Waals surface area contributed by atoms with Gasteiger partial charge in [0.2, 0.25) is 0 Å². The normalized spacial score (nSPS) is 19.0. The monoisotopic (exact) mass is 238 g/mol. The molecule has 0 bridgehead atoms. The Kier molecular flexibility index (Phi) is 3.49. The Morgan fingerprint density at radius 2 is 2.35 bits per heavy atom. The molecule has 0 amide bonds. The van der Waals surface area contributed by atoms with Gasteiger partial charge in [-0.25, -0.2) is 4.79 Å². The molecule has 1 saturated heterocycles. The molecule has 5 nitrogen and oxygen atoms in total. The lowest BCUT2D eigenvalue weighted by atomic mass is 10.2. The van der Waals surface area contributed by atoms with Crippen LogP contribution < -0.4 is 9.47 Å². The molecule has 0 aromatic heterocycles. The highest BCUT2D eigenvalue weighted by atomic mass is 16.6. The van der Waals surface area contributed by atoms with Gasteiger partial charge < -0.3 is 19.3 Å². The molecule has 0 saturated carbocycles. The third-order valence-corrected chi connectivity index (χ3v) is 2.60. The van der Waals surface area contributed by atoms with Gasteiger partial charge in [-0.1, -0.05) is 6.07 Å². The van der Waals surface area contributed by atoms with E-state index in [9.17, 15) is 4.79 Å². The predicted octanol–water partition coefficient (Wildman–Crippen LogP) is 1.56. The van der Waals surface area contributed by atoms with Gasteiger partial charge in [-0.3, -0.25) is 0 Å². The molecule has 0 spiro atoms. The highest BCUT2D eigenvalue weighted by Gasteiger charge is 2.23. The lowest BCUT2D eigenvalue weighted by Crippen LogP contribution is -2.18. The molecule has 5 heteroatoms. The smallest absolute Gasteiger partial charge is 0.339 e. The minimum atomic E-state index is -1.03. The maximum absolute atomic E-state index is 11.1. The predicted molar refractivity (Wildman–Crippen MR) is 59.8 cm³/mol. The maximum Gasteiger partial charge on any atom is 0.339 e. The summed E-state index contributed by atoms with van der Waals surface area (Å²) in [4.78, 5) is 11.1. The zero-order valence-electron chi connectivity index (χ0n) is 9.51. The number of aromatic carboxylic acids is 1. The molecule has 1 fully saturated rings. The van der Waals surface area contributed by atoms with E-state index < -0.39 is 5.97 Å². The van der Waals surface area contributed by atoms with E-state index in [2.05, 4.69) is 0 Å². The minimum absolute atomic E-state index is 0.107. The highest BCUT2D eigenvalue weighted by Crippen LogP contribution is 2.32. The van der Waals surface area contributed by atoms with Gasteiger partial charge in [-0.2, -0.15) is 0 Å². The Morgan fingerprint density at radius 1 is 1.53 bits per heavy atom. The van der Waals surface area contributed by atoms with Crippen molar-refractivity contribution in [1.82, 2.24) is 0 Å². The van der Waals surface area contributed by atoms with Crippen LogP contribution in [0.25, 0.3) is 0 Å². The first-order valence-electron chi connectivity index (χ1n) is 5.37. The maximum atomic E-state index is 11.1. The molecule has 1 unspecified atom stereocenters. The first-order valence-corrected chi connectivity index (χ1v) is 5.37. The molecule has 1 aliphatic heterocycles. The molecule has 92 valence electrons. The van der Waals surface area contributed by atoms with Crippen molar-refractivity contribution < 1.29 is 24.1 Å². The van der Waals surface area contributed by atoms with E-state index in [4.69, 9.17) is 19.3 Å². The summed E-state index contributed by atoms with van der Waals surface area (Å²) in [5.74, 6) is -0.326. The van der Waals surface area contributed by atoms with E-state index >= 15 is 0 Å². The molecule has 1 aliphatic rings. The zero-order valence-corrected chi connectivity index (χ0v) is 9.51. The summed E-state index contributed by atoms with van der Waals surface area (Å²) >= 11 is 0. The van der Waals surface area contributed by atoms with Crippen molar-refractivity contribution in [2.45, 2.75) is 12.5 Å². The number of rotatable bonds is 4. The molecule has 1 atom stereocenters. The lowest BCUT2D eigenvalue weighted by Gasteiger charge is -2.16. The Balaban J connectivity index is 2.30. The lowest BCUT2D eigenvalue weighted by molar-refractivity contribution is 0.0686. The number of carboxylic acids is 1.